The summed E-state index contributed by atoms with van der Waals surface area (Å²) in [5.41, 5.74) is 1.45. The Hall–Kier alpha value is -2.45. The predicted octanol–water partition coefficient (Wildman–Crippen LogP) is 3.50. The van der Waals surface area contributed by atoms with Crippen LogP contribution in [0.3, 0.4) is 0 Å². The van der Waals surface area contributed by atoms with E-state index < -0.39 is 10.0 Å². The molecule has 0 radical (unpaired) electrons. The van der Waals surface area contributed by atoms with E-state index in [1.54, 1.807) is 36.2 Å². The number of rotatable bonds is 7. The Morgan fingerprint density at radius 3 is 2.23 bits per heavy atom. The van der Waals surface area contributed by atoms with Crippen LogP contribution < -0.4 is 9.62 Å². The lowest BCUT2D eigenvalue weighted by Gasteiger charge is -2.38. The molecule has 1 amide bonds. The van der Waals surface area contributed by atoms with Gasteiger partial charge in [-0.05, 0) is 67.3 Å². The van der Waals surface area contributed by atoms with Gasteiger partial charge in [-0.15, -0.1) is 0 Å². The van der Waals surface area contributed by atoms with Crippen LogP contribution in [0.15, 0.2) is 53.4 Å². The number of hydrogen-bond donors (Lipinski definition) is 1. The molecular weight excluding hydrogens is 417 g/mol. The number of amides is 1. The summed E-state index contributed by atoms with van der Waals surface area (Å²) >= 11 is 0. The fourth-order valence-corrected chi connectivity index (χ4v) is 4.88. The van der Waals surface area contributed by atoms with E-state index in [0.29, 0.717) is 12.1 Å². The van der Waals surface area contributed by atoms with Gasteiger partial charge in [-0.3, -0.25) is 4.79 Å². The zero-order valence-corrected chi connectivity index (χ0v) is 19.0. The summed E-state index contributed by atoms with van der Waals surface area (Å²) in [6, 6.07) is 12.6. The van der Waals surface area contributed by atoms with Gasteiger partial charge >= 0.3 is 0 Å². The quantitative estimate of drug-likeness (QED) is 0.705. The van der Waals surface area contributed by atoms with Crippen molar-refractivity contribution in [2.75, 3.05) is 31.6 Å². The maximum absolute atomic E-state index is 13.1. The number of nitrogens with one attached hydrogen (secondary N) is 1. The van der Waals surface area contributed by atoms with E-state index in [1.807, 2.05) is 13.8 Å². The lowest BCUT2D eigenvalue weighted by molar-refractivity contribution is 0.0709. The summed E-state index contributed by atoms with van der Waals surface area (Å²) in [7, 11) is -1.79. The fourth-order valence-electron chi connectivity index (χ4n) is 3.67. The van der Waals surface area contributed by atoms with Crippen molar-refractivity contribution in [1.29, 1.82) is 0 Å². The maximum Gasteiger partial charge on any atom is 0.253 e. The monoisotopic (exact) mass is 447 g/mol. The maximum atomic E-state index is 13.1. The Morgan fingerprint density at radius 2 is 1.68 bits per heavy atom. The number of sulfonamides is 1. The minimum Gasteiger partial charge on any atom is -0.371 e. The molecule has 1 heterocycles. The van der Waals surface area contributed by atoms with Crippen LogP contribution in [0.5, 0.6) is 0 Å². The average Bonchev–Trinajstić information content (AvgIpc) is 2.77. The van der Waals surface area contributed by atoms with Gasteiger partial charge in [0.15, 0.2) is 0 Å². The molecule has 1 aliphatic heterocycles. The highest BCUT2D eigenvalue weighted by Crippen LogP contribution is 2.23. The second-order valence-corrected chi connectivity index (χ2v) is 10.1. The minimum absolute atomic E-state index is 0.0975. The molecule has 0 aliphatic carbocycles. The molecule has 0 spiro atoms. The van der Waals surface area contributed by atoms with Crippen LogP contribution in [-0.2, 0) is 10.0 Å². The highest BCUT2D eigenvalue weighted by Gasteiger charge is 2.26. The lowest BCUT2D eigenvalue weighted by Crippen LogP contribution is -2.45. The highest BCUT2D eigenvalue weighted by molar-refractivity contribution is 7.89. The summed E-state index contributed by atoms with van der Waals surface area (Å²) in [6.45, 7) is 5.80. The molecule has 0 saturated carbocycles. The number of nitrogens with zero attached hydrogens (tertiary/aromatic N) is 2. The Kier molecular flexibility index (Phi) is 7.33. The first-order valence-corrected chi connectivity index (χ1v) is 12.0. The third-order valence-electron chi connectivity index (χ3n) is 5.62. The van der Waals surface area contributed by atoms with Gasteiger partial charge in [0.2, 0.25) is 10.0 Å². The second-order valence-electron chi connectivity index (χ2n) is 8.38. The summed E-state index contributed by atoms with van der Waals surface area (Å²) in [5.74, 6) is -0.170. The topological polar surface area (TPSA) is 69.7 Å². The molecule has 0 bridgehead atoms. The zero-order chi connectivity index (χ0) is 22.6. The van der Waals surface area contributed by atoms with Gasteiger partial charge in [0.1, 0.15) is 5.82 Å². The number of piperidine rings is 1. The second kappa shape index (κ2) is 9.78. The predicted molar refractivity (Wildman–Crippen MR) is 120 cm³/mol. The van der Waals surface area contributed by atoms with E-state index >= 15 is 0 Å². The summed E-state index contributed by atoms with van der Waals surface area (Å²) in [5, 5.41) is 0. The molecule has 2 aromatic carbocycles. The molecule has 2 aromatic rings. The zero-order valence-electron chi connectivity index (χ0n) is 18.2. The van der Waals surface area contributed by atoms with Crippen LogP contribution in [0.2, 0.25) is 0 Å². The number of carbonyl (C=O) groups is 1. The van der Waals surface area contributed by atoms with E-state index in [2.05, 4.69) is 9.62 Å². The van der Waals surface area contributed by atoms with Crippen LogP contribution in [0, 0.1) is 11.7 Å². The van der Waals surface area contributed by atoms with Crippen molar-refractivity contribution in [1.82, 2.24) is 9.62 Å². The van der Waals surface area contributed by atoms with Gasteiger partial charge in [-0.25, -0.2) is 17.5 Å². The third-order valence-corrected chi connectivity index (χ3v) is 7.06. The van der Waals surface area contributed by atoms with Crippen molar-refractivity contribution in [3.8, 4) is 0 Å². The number of anilines is 1. The molecule has 0 unspecified atom stereocenters. The Morgan fingerprint density at radius 1 is 1.10 bits per heavy atom. The van der Waals surface area contributed by atoms with Crippen LogP contribution in [0.25, 0.3) is 0 Å². The minimum atomic E-state index is -3.58. The molecule has 1 N–H and O–H groups in total. The van der Waals surface area contributed by atoms with E-state index in [-0.39, 0.29) is 28.6 Å². The molecule has 0 atom stereocenters. The van der Waals surface area contributed by atoms with Crippen LogP contribution in [0.4, 0.5) is 10.1 Å². The van der Waals surface area contributed by atoms with Crippen molar-refractivity contribution >= 4 is 21.6 Å². The Labute approximate surface area is 184 Å². The van der Waals surface area contributed by atoms with Gasteiger partial charge in [0, 0.05) is 44.0 Å². The van der Waals surface area contributed by atoms with Crippen molar-refractivity contribution in [3.05, 3.63) is 59.9 Å². The van der Waals surface area contributed by atoms with E-state index in [1.165, 1.54) is 24.3 Å². The average molecular weight is 448 g/mol. The first-order valence-electron chi connectivity index (χ1n) is 10.5. The lowest BCUT2D eigenvalue weighted by atomic mass is 10.0. The van der Waals surface area contributed by atoms with E-state index in [0.717, 1.165) is 31.6 Å². The van der Waals surface area contributed by atoms with E-state index in [9.17, 15) is 17.6 Å². The molecule has 6 nitrogen and oxygen atoms in total. The normalized spacial score (nSPS) is 15.3. The number of benzene rings is 2. The molecule has 31 heavy (non-hydrogen) atoms. The molecule has 3 rings (SSSR count). The Bertz CT molecular complexity index is 984. The molecule has 8 heteroatoms. The SMILES string of the molecule is CC(C)CNS(=O)(=O)c1ccc(C(=O)N(C)C2CCN(c3ccc(F)cc3)CC2)cc1. The van der Waals surface area contributed by atoms with Crippen molar-refractivity contribution in [2.24, 2.45) is 5.92 Å². The van der Waals surface area contributed by atoms with Gasteiger partial charge < -0.3 is 9.80 Å². The smallest absolute Gasteiger partial charge is 0.253 e. The van der Waals surface area contributed by atoms with Gasteiger partial charge in [0.05, 0.1) is 4.90 Å². The molecule has 1 aliphatic rings. The van der Waals surface area contributed by atoms with Gasteiger partial charge in [-0.1, -0.05) is 13.8 Å². The van der Waals surface area contributed by atoms with Gasteiger partial charge in [0.25, 0.3) is 5.91 Å². The van der Waals surface area contributed by atoms with Crippen LogP contribution in [-0.4, -0.2) is 51.9 Å². The molecule has 1 saturated heterocycles. The van der Waals surface area contributed by atoms with Crippen molar-refractivity contribution in [2.45, 2.75) is 37.6 Å². The van der Waals surface area contributed by atoms with Crippen LogP contribution in [0.1, 0.15) is 37.0 Å². The standard InChI is InChI=1S/C23H30FN3O3S/c1-17(2)16-25-31(29,30)22-10-4-18(5-11-22)23(28)26(3)20-12-14-27(15-13-20)21-8-6-19(24)7-9-21/h4-11,17,20,25H,12-16H2,1-3H3. The first kappa shape index (κ1) is 23.2. The number of carbonyl (C=O) groups excluding carboxylic acids is 1. The summed E-state index contributed by atoms with van der Waals surface area (Å²) in [6.07, 6.45) is 1.62. The van der Waals surface area contributed by atoms with Gasteiger partial charge in [-0.2, -0.15) is 0 Å². The molecule has 1 fully saturated rings. The number of hydrogen-bond acceptors (Lipinski definition) is 4. The van der Waals surface area contributed by atoms with Crippen molar-refractivity contribution < 1.29 is 17.6 Å². The summed E-state index contributed by atoms with van der Waals surface area (Å²) < 4.78 is 40.4. The fraction of sp³-hybridized carbons (Fsp3) is 0.435. The Balaban J connectivity index is 1.59. The summed E-state index contributed by atoms with van der Waals surface area (Å²) in [4.78, 5) is 17.0. The molecule has 0 aromatic heterocycles. The highest BCUT2D eigenvalue weighted by atomic mass is 32.2. The largest absolute Gasteiger partial charge is 0.371 e. The van der Waals surface area contributed by atoms with Crippen molar-refractivity contribution in [3.63, 3.8) is 0 Å². The van der Waals surface area contributed by atoms with Crippen LogP contribution >= 0.6 is 0 Å². The third kappa shape index (κ3) is 5.83. The number of halogens is 1. The molecular formula is C23H30FN3O3S. The van der Waals surface area contributed by atoms with E-state index in [4.69, 9.17) is 0 Å². The first-order chi connectivity index (χ1) is 14.7. The molecule has 168 valence electrons.